The Morgan fingerprint density at radius 1 is 0.337 bits per heavy atom. The van der Waals surface area contributed by atoms with Gasteiger partial charge in [-0.15, -0.1) is 0 Å². The highest BCUT2D eigenvalue weighted by Gasteiger charge is 2.18. The number of aliphatic hydroxyl groups excluding tert-OH is 2. The normalized spacial score (nSPS) is 12.8. The van der Waals surface area contributed by atoms with Gasteiger partial charge in [0.05, 0.1) is 25.4 Å². The van der Waals surface area contributed by atoms with Gasteiger partial charge in [0.1, 0.15) is 0 Å². The molecule has 0 aliphatic heterocycles. The first-order valence-electron chi connectivity index (χ1n) is 37.4. The van der Waals surface area contributed by atoms with Crippen LogP contribution in [0.15, 0.2) is 48.6 Å². The topological polar surface area (TPSA) is 95.9 Å². The maximum atomic E-state index is 12.5. The summed E-state index contributed by atoms with van der Waals surface area (Å²) >= 11 is 0. The van der Waals surface area contributed by atoms with E-state index in [1.165, 1.54) is 327 Å². The molecule has 0 bridgehead atoms. The highest BCUT2D eigenvalue weighted by molar-refractivity contribution is 5.76. The van der Waals surface area contributed by atoms with E-state index in [1.807, 2.05) is 6.08 Å². The van der Waals surface area contributed by atoms with E-state index in [2.05, 4.69) is 55.6 Å². The van der Waals surface area contributed by atoms with Crippen molar-refractivity contribution in [2.45, 2.75) is 418 Å². The standard InChI is InChI=1S/C77H145NO5/c1-3-5-7-9-11-13-15-16-17-18-19-20-34-37-40-43-46-50-53-57-61-65-69-75(80)74(73-79)78-76(81)70-66-62-58-54-51-47-44-41-38-35-32-30-28-26-24-22-21-23-25-27-29-31-33-36-39-42-45-48-52-56-60-64-68-72-83-77(82)71-67-63-59-55-49-14-12-10-8-6-4-2/h10,12,25,27,31,33,65,69,74-75,79-80H,3-9,11,13-24,26,28-30,32,34-64,66-68,70-73H2,1-2H3,(H,78,81)/b12-10-,27-25-,33-31-,69-65+. The zero-order valence-electron chi connectivity index (χ0n) is 55.9. The van der Waals surface area contributed by atoms with Crippen molar-refractivity contribution >= 4 is 11.9 Å². The minimum absolute atomic E-state index is 0.00294. The fourth-order valence-corrected chi connectivity index (χ4v) is 11.6. The van der Waals surface area contributed by atoms with Crippen molar-refractivity contribution in [1.29, 1.82) is 0 Å². The van der Waals surface area contributed by atoms with Gasteiger partial charge in [-0.2, -0.15) is 0 Å². The van der Waals surface area contributed by atoms with Crippen LogP contribution in [0.3, 0.4) is 0 Å². The first kappa shape index (κ1) is 80.8. The summed E-state index contributed by atoms with van der Waals surface area (Å²) in [5.41, 5.74) is 0. The third-order valence-corrected chi connectivity index (χ3v) is 17.3. The third kappa shape index (κ3) is 68.8. The van der Waals surface area contributed by atoms with Gasteiger partial charge in [-0.3, -0.25) is 9.59 Å². The maximum Gasteiger partial charge on any atom is 0.305 e. The van der Waals surface area contributed by atoms with Crippen LogP contribution in [0.4, 0.5) is 0 Å². The molecule has 0 saturated heterocycles. The Hall–Kier alpha value is -2.18. The van der Waals surface area contributed by atoms with Crippen LogP contribution in [0.1, 0.15) is 406 Å². The first-order chi connectivity index (χ1) is 41.0. The molecule has 488 valence electrons. The van der Waals surface area contributed by atoms with Crippen LogP contribution >= 0.6 is 0 Å². The predicted octanol–water partition coefficient (Wildman–Crippen LogP) is 24.4. The Bertz CT molecular complexity index is 1390. The Kier molecular flexibility index (Phi) is 70.4. The van der Waals surface area contributed by atoms with Gasteiger partial charge in [-0.05, 0) is 83.5 Å². The summed E-state index contributed by atoms with van der Waals surface area (Å²) in [6, 6.07) is -0.628. The van der Waals surface area contributed by atoms with E-state index in [4.69, 9.17) is 4.74 Å². The van der Waals surface area contributed by atoms with Crippen LogP contribution in [-0.4, -0.2) is 47.4 Å². The number of hydrogen-bond acceptors (Lipinski definition) is 5. The summed E-state index contributed by atoms with van der Waals surface area (Å²) in [5, 5.41) is 23.3. The first-order valence-corrected chi connectivity index (χ1v) is 37.4. The number of amides is 1. The molecule has 0 saturated carbocycles. The zero-order valence-corrected chi connectivity index (χ0v) is 55.9. The Morgan fingerprint density at radius 2 is 0.614 bits per heavy atom. The monoisotopic (exact) mass is 1160 g/mol. The van der Waals surface area contributed by atoms with Crippen LogP contribution in [0.5, 0.6) is 0 Å². The van der Waals surface area contributed by atoms with Crippen LogP contribution in [0.25, 0.3) is 0 Å². The minimum atomic E-state index is -0.845. The molecule has 0 fully saturated rings. The number of allylic oxidation sites excluding steroid dienone is 7. The number of esters is 1. The second-order valence-electron chi connectivity index (χ2n) is 25.6. The maximum absolute atomic E-state index is 12.5. The van der Waals surface area contributed by atoms with E-state index in [1.54, 1.807) is 6.08 Å². The van der Waals surface area contributed by atoms with Gasteiger partial charge >= 0.3 is 5.97 Å². The number of nitrogens with one attached hydrogen (secondary N) is 1. The summed E-state index contributed by atoms with van der Waals surface area (Å²) in [4.78, 5) is 24.5. The van der Waals surface area contributed by atoms with E-state index in [0.717, 1.165) is 51.4 Å². The minimum Gasteiger partial charge on any atom is -0.466 e. The second kappa shape index (κ2) is 72.3. The van der Waals surface area contributed by atoms with Crippen molar-refractivity contribution in [2.24, 2.45) is 0 Å². The van der Waals surface area contributed by atoms with Crippen molar-refractivity contribution in [3.05, 3.63) is 48.6 Å². The number of aliphatic hydroxyl groups is 2. The molecule has 0 aliphatic rings. The van der Waals surface area contributed by atoms with E-state index in [0.29, 0.717) is 19.4 Å². The van der Waals surface area contributed by atoms with Gasteiger partial charge < -0.3 is 20.3 Å². The lowest BCUT2D eigenvalue weighted by molar-refractivity contribution is -0.143. The molecule has 1 amide bonds. The second-order valence-corrected chi connectivity index (χ2v) is 25.6. The Labute approximate surface area is 518 Å². The molecule has 0 radical (unpaired) electrons. The average Bonchev–Trinajstić information content (AvgIpc) is 3.49. The molecule has 83 heavy (non-hydrogen) atoms. The van der Waals surface area contributed by atoms with Crippen LogP contribution in [-0.2, 0) is 14.3 Å². The number of unbranched alkanes of at least 4 members (excludes halogenated alkanes) is 53. The van der Waals surface area contributed by atoms with Gasteiger partial charge in [0.2, 0.25) is 5.91 Å². The molecule has 0 aromatic rings. The molecule has 2 atom stereocenters. The SMILES string of the molecule is CCCC/C=C\CCCCCCCC(=O)OCCCCCCCCCCC/C=C\C/C=C\CCCCCCCCCCCCCCCCCCCC(=O)NC(CO)C(O)/C=C/CCCCCCCCCCCCCCCCCCCCCC. The van der Waals surface area contributed by atoms with Crippen molar-refractivity contribution in [1.82, 2.24) is 5.32 Å². The van der Waals surface area contributed by atoms with Crippen LogP contribution in [0.2, 0.25) is 0 Å². The van der Waals surface area contributed by atoms with Gasteiger partial charge in [0, 0.05) is 12.8 Å². The summed E-state index contributed by atoms with van der Waals surface area (Å²) < 4.78 is 5.46. The van der Waals surface area contributed by atoms with Crippen LogP contribution in [0, 0.1) is 0 Å². The van der Waals surface area contributed by atoms with Gasteiger partial charge in [0.25, 0.3) is 0 Å². The van der Waals surface area contributed by atoms with E-state index < -0.39 is 12.1 Å². The van der Waals surface area contributed by atoms with Gasteiger partial charge in [-0.1, -0.05) is 358 Å². The molecule has 6 heteroatoms. The van der Waals surface area contributed by atoms with E-state index >= 15 is 0 Å². The highest BCUT2D eigenvalue weighted by Crippen LogP contribution is 2.19. The van der Waals surface area contributed by atoms with Crippen molar-refractivity contribution in [2.75, 3.05) is 13.2 Å². The molecular weight excluding hydrogens is 1020 g/mol. The molecular formula is C77H145NO5. The molecule has 0 spiro atoms. The van der Waals surface area contributed by atoms with E-state index in [-0.39, 0.29) is 18.5 Å². The summed E-state index contributed by atoms with van der Waals surface area (Å²) in [5.74, 6) is -0.0592. The van der Waals surface area contributed by atoms with E-state index in [9.17, 15) is 19.8 Å². The molecule has 2 unspecified atom stereocenters. The van der Waals surface area contributed by atoms with Crippen molar-refractivity contribution < 1.29 is 24.5 Å². The number of rotatable bonds is 70. The highest BCUT2D eigenvalue weighted by atomic mass is 16.5. The number of ether oxygens (including phenoxy) is 1. The smallest absolute Gasteiger partial charge is 0.305 e. The molecule has 0 aliphatic carbocycles. The summed E-state index contributed by atoms with van der Waals surface area (Å²) in [6.07, 6.45) is 95.0. The van der Waals surface area contributed by atoms with Crippen LogP contribution < -0.4 is 5.32 Å². The fourth-order valence-electron chi connectivity index (χ4n) is 11.6. The Morgan fingerprint density at radius 3 is 0.964 bits per heavy atom. The van der Waals surface area contributed by atoms with Gasteiger partial charge in [-0.25, -0.2) is 0 Å². The lowest BCUT2D eigenvalue weighted by Crippen LogP contribution is -2.45. The number of carbonyl (C=O) groups excluding carboxylic acids is 2. The molecule has 0 heterocycles. The summed E-state index contributed by atoms with van der Waals surface area (Å²) in [6.45, 7) is 4.90. The Balaban J connectivity index is 3.41. The molecule has 3 N–H and O–H groups in total. The zero-order chi connectivity index (χ0) is 59.9. The van der Waals surface area contributed by atoms with Crippen molar-refractivity contribution in [3.8, 4) is 0 Å². The quantitative estimate of drug-likeness (QED) is 0.0320. The molecule has 6 nitrogen and oxygen atoms in total. The lowest BCUT2D eigenvalue weighted by atomic mass is 10.0. The fraction of sp³-hybridized carbons (Fsp3) is 0.870. The number of carbonyl (C=O) groups is 2. The lowest BCUT2D eigenvalue weighted by Gasteiger charge is -2.20. The molecule has 0 aromatic carbocycles. The summed E-state index contributed by atoms with van der Waals surface area (Å²) in [7, 11) is 0. The predicted molar refractivity (Wildman–Crippen MR) is 366 cm³/mol. The largest absolute Gasteiger partial charge is 0.466 e. The third-order valence-electron chi connectivity index (χ3n) is 17.3. The molecule has 0 aromatic heterocycles. The number of hydrogen-bond donors (Lipinski definition) is 3. The molecule has 0 rings (SSSR count). The average molecular weight is 1170 g/mol. The van der Waals surface area contributed by atoms with Gasteiger partial charge in [0.15, 0.2) is 0 Å². The van der Waals surface area contributed by atoms with Crippen molar-refractivity contribution in [3.63, 3.8) is 0 Å².